The molecule has 0 heterocycles. The molecule has 114 valence electrons. The lowest BCUT2D eigenvalue weighted by molar-refractivity contribution is -0.139. The smallest absolute Gasteiger partial charge is 0.341 e. The highest BCUT2D eigenvalue weighted by molar-refractivity contribution is 6.30. The lowest BCUT2D eigenvalue weighted by atomic mass is 10.3. The molecule has 0 aliphatic rings. The van der Waals surface area contributed by atoms with Gasteiger partial charge in [-0.3, -0.25) is 5.43 Å². The lowest BCUT2D eigenvalue weighted by Gasteiger charge is -2.17. The summed E-state index contributed by atoms with van der Waals surface area (Å²) in [6.45, 7) is 9.27. The molecule has 0 bridgehead atoms. The van der Waals surface area contributed by atoms with Gasteiger partial charge in [0.1, 0.15) is 5.75 Å². The van der Waals surface area contributed by atoms with Crippen molar-refractivity contribution in [2.45, 2.75) is 20.8 Å². The topological polar surface area (TPSA) is 61.8 Å². The number of halogens is 1. The van der Waals surface area contributed by atoms with Crippen LogP contribution in [0.4, 0.5) is 0 Å². The Morgan fingerprint density at radius 1 is 1.25 bits per heavy atom. The zero-order chi connectivity index (χ0) is 15.4. The highest BCUT2D eigenvalue weighted by Gasteiger charge is 1.97. The quantitative estimate of drug-likeness (QED) is 0.758. The van der Waals surface area contributed by atoms with Crippen LogP contribution in [-0.4, -0.2) is 42.3 Å². The van der Waals surface area contributed by atoms with Gasteiger partial charge in [0.15, 0.2) is 6.61 Å². The predicted octanol–water partition coefficient (Wildman–Crippen LogP) is 2.66. The molecule has 6 heteroatoms. The number of hydrazine groups is 1. The molecule has 0 atom stereocenters. The molecule has 0 saturated heterocycles. The number of carboxylic acid groups (broad SMARTS) is 1. The van der Waals surface area contributed by atoms with Crippen LogP contribution in [0, 0.1) is 0 Å². The number of nitrogens with one attached hydrogen (secondary N) is 1. The molecule has 0 unspecified atom stereocenters. The lowest BCUT2D eigenvalue weighted by Crippen LogP contribution is -2.37. The summed E-state index contributed by atoms with van der Waals surface area (Å²) < 4.78 is 4.86. The first-order chi connectivity index (χ1) is 9.53. The Balaban J connectivity index is 0.000000396. The van der Waals surface area contributed by atoms with Crippen LogP contribution in [0.5, 0.6) is 5.75 Å². The number of carbonyl (C=O) groups is 1. The summed E-state index contributed by atoms with van der Waals surface area (Å²) in [6, 6.07) is 6.51. The Bertz CT molecular complexity index is 367. The highest BCUT2D eigenvalue weighted by Crippen LogP contribution is 2.15. The van der Waals surface area contributed by atoms with Crippen LogP contribution in [0.3, 0.4) is 0 Å². The summed E-state index contributed by atoms with van der Waals surface area (Å²) in [7, 11) is 0. The van der Waals surface area contributed by atoms with Crippen molar-refractivity contribution >= 4 is 17.6 Å². The molecule has 0 aliphatic carbocycles. The van der Waals surface area contributed by atoms with Gasteiger partial charge in [-0.15, -0.1) is 0 Å². The summed E-state index contributed by atoms with van der Waals surface area (Å²) in [6.07, 6.45) is 0. The van der Waals surface area contributed by atoms with Crippen molar-refractivity contribution in [3.05, 3.63) is 29.3 Å². The van der Waals surface area contributed by atoms with Crippen LogP contribution >= 0.6 is 11.6 Å². The first kappa shape index (κ1) is 18.7. The molecule has 0 aliphatic heterocycles. The first-order valence-corrected chi connectivity index (χ1v) is 6.99. The molecular formula is C14H23ClN2O3. The molecule has 0 spiro atoms. The third-order valence-electron chi connectivity index (χ3n) is 2.32. The Morgan fingerprint density at radius 3 is 2.15 bits per heavy atom. The Kier molecular flexibility index (Phi) is 10.8. The number of aliphatic carboxylic acids is 1. The van der Waals surface area contributed by atoms with E-state index in [-0.39, 0.29) is 6.61 Å². The normalized spacial score (nSPS) is 9.85. The predicted molar refractivity (Wildman–Crippen MR) is 81.2 cm³/mol. The second kappa shape index (κ2) is 11.5. The number of nitrogens with zero attached hydrogens (tertiary/aromatic N) is 1. The highest BCUT2D eigenvalue weighted by atomic mass is 35.5. The molecule has 0 fully saturated rings. The average Bonchev–Trinajstić information content (AvgIpc) is 2.45. The Morgan fingerprint density at radius 2 is 1.80 bits per heavy atom. The van der Waals surface area contributed by atoms with E-state index in [1.807, 2.05) is 0 Å². The monoisotopic (exact) mass is 302 g/mol. The SMILES string of the molecule is CCNN(CC)CC.O=C(O)COc1ccc(Cl)cc1. The maximum Gasteiger partial charge on any atom is 0.341 e. The zero-order valence-electron chi connectivity index (χ0n) is 12.2. The van der Waals surface area contributed by atoms with E-state index < -0.39 is 5.97 Å². The Labute approximate surface area is 125 Å². The molecule has 1 aromatic carbocycles. The van der Waals surface area contributed by atoms with Crippen LogP contribution in [0.2, 0.25) is 5.02 Å². The van der Waals surface area contributed by atoms with E-state index in [2.05, 4.69) is 31.2 Å². The van der Waals surface area contributed by atoms with Gasteiger partial charge in [0, 0.05) is 24.7 Å². The van der Waals surface area contributed by atoms with E-state index >= 15 is 0 Å². The van der Waals surface area contributed by atoms with Gasteiger partial charge >= 0.3 is 5.97 Å². The maximum atomic E-state index is 10.1. The van der Waals surface area contributed by atoms with Gasteiger partial charge in [-0.1, -0.05) is 32.4 Å². The molecule has 5 nitrogen and oxygen atoms in total. The molecule has 2 N–H and O–H groups in total. The van der Waals surface area contributed by atoms with Crippen molar-refractivity contribution in [2.24, 2.45) is 0 Å². The van der Waals surface area contributed by atoms with Crippen molar-refractivity contribution < 1.29 is 14.6 Å². The fourth-order valence-electron chi connectivity index (χ4n) is 1.35. The van der Waals surface area contributed by atoms with E-state index in [0.717, 1.165) is 19.6 Å². The number of hydrogen-bond donors (Lipinski definition) is 2. The van der Waals surface area contributed by atoms with Gasteiger partial charge in [0.05, 0.1) is 0 Å². The molecule has 0 saturated carbocycles. The van der Waals surface area contributed by atoms with Gasteiger partial charge in [-0.2, -0.15) is 0 Å². The van der Waals surface area contributed by atoms with E-state index in [1.165, 1.54) is 0 Å². The Hall–Kier alpha value is -1.30. The summed E-state index contributed by atoms with van der Waals surface area (Å²) >= 11 is 5.60. The van der Waals surface area contributed by atoms with Gasteiger partial charge in [-0.25, -0.2) is 9.80 Å². The average molecular weight is 303 g/mol. The van der Waals surface area contributed by atoms with Crippen molar-refractivity contribution in [1.29, 1.82) is 0 Å². The van der Waals surface area contributed by atoms with Crippen LogP contribution in [-0.2, 0) is 4.79 Å². The van der Waals surface area contributed by atoms with E-state index in [9.17, 15) is 4.79 Å². The number of hydrogen-bond acceptors (Lipinski definition) is 4. The second-order valence-corrected chi connectivity index (χ2v) is 4.26. The van der Waals surface area contributed by atoms with Crippen molar-refractivity contribution in [3.8, 4) is 5.75 Å². The molecule has 0 amide bonds. The van der Waals surface area contributed by atoms with Crippen LogP contribution in [0.25, 0.3) is 0 Å². The first-order valence-electron chi connectivity index (χ1n) is 6.62. The third-order valence-corrected chi connectivity index (χ3v) is 2.57. The van der Waals surface area contributed by atoms with Gasteiger partial charge in [0.2, 0.25) is 0 Å². The molecular weight excluding hydrogens is 280 g/mol. The minimum absolute atomic E-state index is 0.332. The van der Waals surface area contributed by atoms with Crippen LogP contribution in [0.15, 0.2) is 24.3 Å². The fraction of sp³-hybridized carbons (Fsp3) is 0.500. The maximum absolute atomic E-state index is 10.1. The van der Waals surface area contributed by atoms with Crippen molar-refractivity contribution in [2.75, 3.05) is 26.2 Å². The summed E-state index contributed by atoms with van der Waals surface area (Å²) in [5, 5.41) is 11.1. The zero-order valence-corrected chi connectivity index (χ0v) is 13.0. The fourth-order valence-corrected chi connectivity index (χ4v) is 1.47. The minimum Gasteiger partial charge on any atom is -0.482 e. The molecule has 1 rings (SSSR count). The largest absolute Gasteiger partial charge is 0.482 e. The number of ether oxygens (including phenoxy) is 1. The van der Waals surface area contributed by atoms with Crippen molar-refractivity contribution in [3.63, 3.8) is 0 Å². The van der Waals surface area contributed by atoms with Gasteiger partial charge in [0.25, 0.3) is 0 Å². The van der Waals surface area contributed by atoms with E-state index in [1.54, 1.807) is 24.3 Å². The summed E-state index contributed by atoms with van der Waals surface area (Å²) in [4.78, 5) is 10.1. The number of benzene rings is 1. The minimum atomic E-state index is -0.995. The van der Waals surface area contributed by atoms with E-state index in [0.29, 0.717) is 10.8 Å². The number of rotatable bonds is 7. The molecule has 0 radical (unpaired) electrons. The second-order valence-electron chi connectivity index (χ2n) is 3.82. The van der Waals surface area contributed by atoms with E-state index in [4.69, 9.17) is 21.4 Å². The third kappa shape index (κ3) is 9.61. The standard InChI is InChI=1S/C8H7ClO3.C6H16N2/c9-6-1-3-7(4-2-6)12-5-8(10)11;1-4-7-8(5-2)6-3/h1-4H,5H2,(H,10,11);7H,4-6H2,1-3H3. The summed E-state index contributed by atoms with van der Waals surface area (Å²) in [5.41, 5.74) is 3.22. The van der Waals surface area contributed by atoms with Gasteiger partial charge < -0.3 is 9.84 Å². The number of carboxylic acids is 1. The summed E-state index contributed by atoms with van der Waals surface area (Å²) in [5.74, 6) is -0.494. The molecule has 1 aromatic rings. The molecule has 20 heavy (non-hydrogen) atoms. The van der Waals surface area contributed by atoms with Crippen LogP contribution < -0.4 is 10.2 Å². The van der Waals surface area contributed by atoms with Crippen LogP contribution in [0.1, 0.15) is 20.8 Å². The van der Waals surface area contributed by atoms with Crippen molar-refractivity contribution in [1.82, 2.24) is 10.4 Å². The molecule has 0 aromatic heterocycles. The van der Waals surface area contributed by atoms with Gasteiger partial charge in [-0.05, 0) is 24.3 Å².